The molecule has 5 nitrogen and oxygen atoms in total. The lowest BCUT2D eigenvalue weighted by molar-refractivity contribution is 0.599. The van der Waals surface area contributed by atoms with E-state index in [2.05, 4.69) is 15.0 Å². The first-order valence-electron chi connectivity index (χ1n) is 5.83. The molecule has 8 heteroatoms. The number of hydrogen-bond acceptors (Lipinski definition) is 5. The number of benzene rings is 1. The number of aromatic nitrogens is 1. The van der Waals surface area contributed by atoms with E-state index in [4.69, 9.17) is 0 Å². The Bertz CT molecular complexity index is 683. The molecule has 0 aliphatic heterocycles. The Morgan fingerprint density at radius 2 is 1.95 bits per heavy atom. The topological polar surface area (TPSA) is 71.1 Å². The van der Waals surface area contributed by atoms with E-state index < -0.39 is 15.8 Å². The van der Waals surface area contributed by atoms with Crippen molar-refractivity contribution < 1.29 is 12.8 Å². The fourth-order valence-electron chi connectivity index (χ4n) is 1.47. The van der Waals surface area contributed by atoms with Crippen LogP contribution in [0.15, 0.2) is 34.5 Å². The van der Waals surface area contributed by atoms with Crippen LogP contribution in [0, 0.1) is 5.82 Å². The van der Waals surface area contributed by atoms with Gasteiger partial charge in [0.2, 0.25) is 0 Å². The highest BCUT2D eigenvalue weighted by Gasteiger charge is 2.17. The van der Waals surface area contributed by atoms with E-state index in [1.807, 2.05) is 6.92 Å². The SMILES string of the molecule is CNC(C)c1csc(NS(=O)(=O)c2ccc(F)cc2)n1. The number of hydrogen-bond donors (Lipinski definition) is 2. The van der Waals surface area contributed by atoms with Crippen LogP contribution in [0.1, 0.15) is 18.7 Å². The van der Waals surface area contributed by atoms with Crippen molar-refractivity contribution in [2.24, 2.45) is 0 Å². The summed E-state index contributed by atoms with van der Waals surface area (Å²) in [5.41, 5.74) is 0.759. The fraction of sp³-hybridized carbons (Fsp3) is 0.250. The predicted molar refractivity (Wildman–Crippen MR) is 76.8 cm³/mol. The Morgan fingerprint density at radius 1 is 1.30 bits per heavy atom. The third-order valence-electron chi connectivity index (χ3n) is 2.74. The average molecular weight is 315 g/mol. The summed E-state index contributed by atoms with van der Waals surface area (Å²) in [6, 6.07) is 4.66. The monoisotopic (exact) mass is 315 g/mol. The van der Waals surface area contributed by atoms with Crippen LogP contribution in [-0.4, -0.2) is 20.4 Å². The van der Waals surface area contributed by atoms with Crippen molar-refractivity contribution in [2.75, 3.05) is 11.8 Å². The van der Waals surface area contributed by atoms with Crippen LogP contribution in [0.3, 0.4) is 0 Å². The average Bonchev–Trinajstić information content (AvgIpc) is 2.86. The third kappa shape index (κ3) is 3.33. The van der Waals surface area contributed by atoms with Crippen LogP contribution >= 0.6 is 11.3 Å². The molecule has 1 heterocycles. The van der Waals surface area contributed by atoms with Gasteiger partial charge in [-0.15, -0.1) is 11.3 Å². The number of thiazole rings is 1. The van der Waals surface area contributed by atoms with Crippen LogP contribution in [0.25, 0.3) is 0 Å². The number of nitrogens with one attached hydrogen (secondary N) is 2. The molecule has 108 valence electrons. The van der Waals surface area contributed by atoms with Gasteiger partial charge in [-0.05, 0) is 38.2 Å². The summed E-state index contributed by atoms with van der Waals surface area (Å²) < 4.78 is 39.3. The molecule has 1 atom stereocenters. The van der Waals surface area contributed by atoms with Gasteiger partial charge in [-0.3, -0.25) is 4.72 Å². The zero-order valence-electron chi connectivity index (χ0n) is 10.9. The fourth-order valence-corrected chi connectivity index (χ4v) is 3.52. The molecule has 2 aromatic rings. The molecule has 0 aliphatic rings. The standard InChI is InChI=1S/C12H14FN3O2S2/c1-8(14-2)11-7-19-12(15-11)16-20(17,18)10-5-3-9(13)4-6-10/h3-8,14H,1-2H3,(H,15,16). The van der Waals surface area contributed by atoms with E-state index in [0.29, 0.717) is 0 Å². The Labute approximate surface area is 120 Å². The van der Waals surface area contributed by atoms with Gasteiger partial charge in [-0.2, -0.15) is 0 Å². The van der Waals surface area contributed by atoms with Crippen LogP contribution in [0.5, 0.6) is 0 Å². The van der Waals surface area contributed by atoms with Crippen LogP contribution in [-0.2, 0) is 10.0 Å². The molecule has 1 unspecified atom stereocenters. The Balaban J connectivity index is 2.20. The Hall–Kier alpha value is -1.51. The first-order valence-corrected chi connectivity index (χ1v) is 8.20. The first kappa shape index (κ1) is 14.9. The van der Waals surface area contributed by atoms with Gasteiger partial charge in [0.15, 0.2) is 5.13 Å². The lowest BCUT2D eigenvalue weighted by Gasteiger charge is -2.06. The minimum Gasteiger partial charge on any atom is -0.312 e. The molecule has 2 rings (SSSR count). The molecular weight excluding hydrogens is 301 g/mol. The van der Waals surface area contributed by atoms with E-state index in [1.54, 1.807) is 12.4 Å². The van der Waals surface area contributed by atoms with Crippen molar-refractivity contribution in [3.8, 4) is 0 Å². The largest absolute Gasteiger partial charge is 0.312 e. The van der Waals surface area contributed by atoms with Crippen LogP contribution in [0.4, 0.5) is 9.52 Å². The van der Waals surface area contributed by atoms with Crippen molar-refractivity contribution in [3.63, 3.8) is 0 Å². The number of sulfonamides is 1. The lowest BCUT2D eigenvalue weighted by Crippen LogP contribution is -2.14. The maximum atomic E-state index is 12.8. The maximum Gasteiger partial charge on any atom is 0.263 e. The summed E-state index contributed by atoms with van der Waals surface area (Å²) in [6.45, 7) is 1.92. The molecule has 1 aromatic carbocycles. The van der Waals surface area contributed by atoms with Crippen molar-refractivity contribution in [1.82, 2.24) is 10.3 Å². The predicted octanol–water partition coefficient (Wildman–Crippen LogP) is 2.36. The number of nitrogens with zero attached hydrogens (tertiary/aromatic N) is 1. The van der Waals surface area contributed by atoms with Gasteiger partial charge in [0.25, 0.3) is 10.0 Å². The van der Waals surface area contributed by atoms with Crippen LogP contribution < -0.4 is 10.0 Å². The van der Waals surface area contributed by atoms with E-state index in [0.717, 1.165) is 17.8 Å². The van der Waals surface area contributed by atoms with Gasteiger partial charge in [0.1, 0.15) is 5.82 Å². The molecule has 0 saturated heterocycles. The second-order valence-electron chi connectivity index (χ2n) is 4.15. The molecule has 0 bridgehead atoms. The zero-order chi connectivity index (χ0) is 14.8. The number of halogens is 1. The summed E-state index contributed by atoms with van der Waals surface area (Å²) in [6.07, 6.45) is 0. The van der Waals surface area contributed by atoms with Gasteiger partial charge >= 0.3 is 0 Å². The van der Waals surface area contributed by atoms with E-state index in [1.165, 1.54) is 23.5 Å². The normalized spacial score (nSPS) is 13.2. The molecule has 0 saturated carbocycles. The zero-order valence-corrected chi connectivity index (χ0v) is 12.6. The lowest BCUT2D eigenvalue weighted by atomic mass is 10.3. The molecule has 0 aliphatic carbocycles. The van der Waals surface area contributed by atoms with Gasteiger partial charge in [-0.25, -0.2) is 17.8 Å². The van der Waals surface area contributed by atoms with Crippen molar-refractivity contribution in [2.45, 2.75) is 17.9 Å². The van der Waals surface area contributed by atoms with Gasteiger partial charge < -0.3 is 5.32 Å². The van der Waals surface area contributed by atoms with Crippen molar-refractivity contribution in [3.05, 3.63) is 41.2 Å². The van der Waals surface area contributed by atoms with E-state index >= 15 is 0 Å². The molecule has 0 spiro atoms. The minimum absolute atomic E-state index is 0.00249. The highest BCUT2D eigenvalue weighted by atomic mass is 32.2. The number of rotatable bonds is 5. The summed E-state index contributed by atoms with van der Waals surface area (Å²) >= 11 is 1.20. The Morgan fingerprint density at radius 3 is 2.55 bits per heavy atom. The second-order valence-corrected chi connectivity index (χ2v) is 6.69. The highest BCUT2D eigenvalue weighted by molar-refractivity contribution is 7.93. The molecule has 2 N–H and O–H groups in total. The summed E-state index contributed by atoms with van der Waals surface area (Å²) in [4.78, 5) is 4.20. The third-order valence-corrected chi connectivity index (χ3v) is 5.00. The van der Waals surface area contributed by atoms with Gasteiger partial charge in [0, 0.05) is 11.4 Å². The summed E-state index contributed by atoms with van der Waals surface area (Å²) in [7, 11) is -1.94. The Kier molecular flexibility index (Phi) is 4.36. The van der Waals surface area contributed by atoms with Crippen LogP contribution in [0.2, 0.25) is 0 Å². The number of anilines is 1. The summed E-state index contributed by atoms with van der Waals surface area (Å²) in [5.74, 6) is -0.483. The quantitative estimate of drug-likeness (QED) is 0.888. The molecule has 0 amide bonds. The second kappa shape index (κ2) is 5.86. The molecule has 20 heavy (non-hydrogen) atoms. The maximum absolute atomic E-state index is 12.8. The summed E-state index contributed by atoms with van der Waals surface area (Å²) in [5, 5.41) is 5.09. The first-order chi connectivity index (χ1) is 9.42. The minimum atomic E-state index is -3.74. The molecule has 0 fully saturated rings. The molecule has 0 radical (unpaired) electrons. The smallest absolute Gasteiger partial charge is 0.263 e. The molecule has 1 aromatic heterocycles. The molecular formula is C12H14FN3O2S2. The van der Waals surface area contributed by atoms with Crippen molar-refractivity contribution in [1.29, 1.82) is 0 Å². The van der Waals surface area contributed by atoms with Crippen molar-refractivity contribution >= 4 is 26.5 Å². The van der Waals surface area contributed by atoms with E-state index in [-0.39, 0.29) is 16.1 Å². The van der Waals surface area contributed by atoms with Gasteiger partial charge in [-0.1, -0.05) is 0 Å². The van der Waals surface area contributed by atoms with Gasteiger partial charge in [0.05, 0.1) is 10.6 Å². The van der Waals surface area contributed by atoms with E-state index in [9.17, 15) is 12.8 Å². The highest BCUT2D eigenvalue weighted by Crippen LogP contribution is 2.23.